The highest BCUT2D eigenvalue weighted by Gasteiger charge is 2.20. The van der Waals surface area contributed by atoms with E-state index in [1.165, 1.54) is 50.5 Å². The zero-order valence-corrected chi connectivity index (χ0v) is 17.8. The summed E-state index contributed by atoms with van der Waals surface area (Å²) in [6.45, 7) is 1.72. The Morgan fingerprint density at radius 2 is 1.44 bits per heavy atom. The van der Waals surface area contributed by atoms with E-state index in [-0.39, 0.29) is 0 Å². The molecule has 27 heavy (non-hydrogen) atoms. The summed E-state index contributed by atoms with van der Waals surface area (Å²) in [6, 6.07) is 10.7. The number of nitrogens with zero attached hydrogens (tertiary/aromatic N) is 1. The van der Waals surface area contributed by atoms with Gasteiger partial charge in [-0.1, -0.05) is 56.0 Å². The maximum Gasteiger partial charge on any atom is 0.267 e. The largest absolute Gasteiger partial charge is 0.392 e. The van der Waals surface area contributed by atoms with Gasteiger partial charge in [-0.15, -0.1) is 0 Å². The Morgan fingerprint density at radius 3 is 2.04 bits per heavy atom. The number of aliphatic hydroxyl groups excluding tert-OH is 1. The summed E-state index contributed by atoms with van der Waals surface area (Å²) in [4.78, 5) is 0. The van der Waals surface area contributed by atoms with Crippen molar-refractivity contribution >= 4 is 10.1 Å². The second-order valence-electron chi connectivity index (χ2n) is 8.28. The third-order valence-electron chi connectivity index (χ3n) is 5.04. The number of quaternary nitrogens is 1. The summed E-state index contributed by atoms with van der Waals surface area (Å²) in [6.07, 6.45) is 9.33. The van der Waals surface area contributed by atoms with Gasteiger partial charge in [0.25, 0.3) is 10.1 Å². The minimum atomic E-state index is -4.10. The lowest BCUT2D eigenvalue weighted by Crippen LogP contribution is -2.43. The van der Waals surface area contributed by atoms with E-state index in [0.29, 0.717) is 13.0 Å². The molecule has 1 aromatic rings. The highest BCUT2D eigenvalue weighted by molar-refractivity contribution is 7.85. The summed E-state index contributed by atoms with van der Waals surface area (Å²) in [7, 11) is 0.104. The van der Waals surface area contributed by atoms with E-state index in [2.05, 4.69) is 44.4 Å². The fourth-order valence-electron chi connectivity index (χ4n) is 3.33. The molecule has 2 N–H and O–H groups in total. The highest BCUT2D eigenvalue weighted by Crippen LogP contribution is 2.12. The Hall–Kier alpha value is -0.950. The third kappa shape index (κ3) is 13.8. The molecule has 0 aliphatic carbocycles. The average Bonchev–Trinajstić information content (AvgIpc) is 2.58. The van der Waals surface area contributed by atoms with Crippen LogP contribution in [0.5, 0.6) is 0 Å². The molecule has 0 aliphatic rings. The lowest BCUT2D eigenvalue weighted by atomic mass is 10.0. The minimum Gasteiger partial charge on any atom is -0.392 e. The highest BCUT2D eigenvalue weighted by atomic mass is 32.2. The maximum absolute atomic E-state index is 10.8. The number of rotatable bonds is 15. The van der Waals surface area contributed by atoms with Gasteiger partial charge in [0.2, 0.25) is 0 Å². The van der Waals surface area contributed by atoms with Crippen LogP contribution in [-0.2, 0) is 16.5 Å². The van der Waals surface area contributed by atoms with Gasteiger partial charge in [0.1, 0.15) is 5.75 Å². The van der Waals surface area contributed by atoms with E-state index in [4.69, 9.17) is 4.55 Å². The summed E-state index contributed by atoms with van der Waals surface area (Å²) >= 11 is 0. The molecular formula is C21H38NO4S+. The number of hydrogen-bond donors (Lipinski definition) is 2. The van der Waals surface area contributed by atoms with E-state index < -0.39 is 22.0 Å². The molecule has 1 rings (SSSR count). The van der Waals surface area contributed by atoms with Crippen molar-refractivity contribution in [1.82, 2.24) is 0 Å². The SMILES string of the molecule is C[N+](C)(CCCCCCCCCc1ccccc1)CCC(O)CS(=O)(=O)O. The van der Waals surface area contributed by atoms with E-state index in [1.807, 2.05) is 0 Å². The van der Waals surface area contributed by atoms with Gasteiger partial charge in [0.05, 0.1) is 33.3 Å². The molecule has 0 saturated carbocycles. The van der Waals surface area contributed by atoms with Crippen molar-refractivity contribution in [2.75, 3.05) is 32.9 Å². The fraction of sp³-hybridized carbons (Fsp3) is 0.714. The lowest BCUT2D eigenvalue weighted by molar-refractivity contribution is -0.891. The first kappa shape index (κ1) is 24.1. The first-order valence-electron chi connectivity index (χ1n) is 10.2. The molecule has 0 spiro atoms. The standard InChI is InChI=1S/C21H37NO4S/c1-22(2,18-16-21(23)19-27(24,25)26)17-12-7-5-3-4-6-9-13-20-14-10-8-11-15-20/h8,10-11,14-15,21,23H,3-7,9,12-13,16-19H2,1-2H3/p+1. The predicted octanol–water partition coefficient (Wildman–Crippen LogP) is 3.68. The maximum atomic E-state index is 10.8. The Kier molecular flexibility index (Phi) is 11.1. The monoisotopic (exact) mass is 400 g/mol. The zero-order valence-electron chi connectivity index (χ0n) is 17.0. The lowest BCUT2D eigenvalue weighted by Gasteiger charge is -2.30. The molecule has 1 atom stereocenters. The molecule has 0 radical (unpaired) electrons. The van der Waals surface area contributed by atoms with Gasteiger partial charge in [0.15, 0.2) is 0 Å². The van der Waals surface area contributed by atoms with Crippen LogP contribution in [0.4, 0.5) is 0 Å². The summed E-state index contributed by atoms with van der Waals surface area (Å²) in [5.41, 5.74) is 1.43. The van der Waals surface area contributed by atoms with Crippen LogP contribution in [-0.4, -0.2) is 61.6 Å². The topological polar surface area (TPSA) is 74.6 Å². The predicted molar refractivity (Wildman–Crippen MR) is 111 cm³/mol. The molecule has 0 heterocycles. The minimum absolute atomic E-state index is 0.383. The Morgan fingerprint density at radius 1 is 0.889 bits per heavy atom. The van der Waals surface area contributed by atoms with Gasteiger partial charge in [-0.2, -0.15) is 8.42 Å². The van der Waals surface area contributed by atoms with E-state index in [0.717, 1.165) is 17.4 Å². The van der Waals surface area contributed by atoms with Crippen LogP contribution in [0, 0.1) is 0 Å². The molecular weight excluding hydrogens is 362 g/mol. The molecule has 156 valence electrons. The van der Waals surface area contributed by atoms with E-state index >= 15 is 0 Å². The van der Waals surface area contributed by atoms with Gasteiger partial charge in [-0.05, 0) is 31.2 Å². The molecule has 6 heteroatoms. The number of benzene rings is 1. The summed E-state index contributed by atoms with van der Waals surface area (Å²) < 4.78 is 31.1. The molecule has 0 amide bonds. The second kappa shape index (κ2) is 12.5. The van der Waals surface area contributed by atoms with Crippen molar-refractivity contribution in [2.45, 2.75) is 63.9 Å². The normalized spacial score (nSPS) is 13.6. The van der Waals surface area contributed by atoms with Crippen LogP contribution in [0.3, 0.4) is 0 Å². The third-order valence-corrected chi connectivity index (χ3v) is 5.85. The number of hydrogen-bond acceptors (Lipinski definition) is 3. The van der Waals surface area contributed by atoms with E-state index in [1.54, 1.807) is 0 Å². The zero-order chi connectivity index (χ0) is 20.2. The first-order valence-corrected chi connectivity index (χ1v) is 11.8. The van der Waals surface area contributed by atoms with Crippen molar-refractivity contribution in [2.24, 2.45) is 0 Å². The number of aryl methyl sites for hydroxylation is 1. The Labute approximate surface area is 165 Å². The van der Waals surface area contributed by atoms with Crippen molar-refractivity contribution in [3.05, 3.63) is 35.9 Å². The molecule has 0 aliphatic heterocycles. The quantitative estimate of drug-likeness (QED) is 0.268. The molecule has 1 aromatic carbocycles. The molecule has 0 bridgehead atoms. The molecule has 1 unspecified atom stereocenters. The van der Waals surface area contributed by atoms with Gasteiger partial charge in [0, 0.05) is 6.42 Å². The van der Waals surface area contributed by atoms with Crippen LogP contribution in [0.2, 0.25) is 0 Å². The molecule has 5 nitrogen and oxygen atoms in total. The van der Waals surface area contributed by atoms with Crippen LogP contribution >= 0.6 is 0 Å². The molecule has 0 saturated heterocycles. The Bertz CT molecular complexity index is 602. The van der Waals surface area contributed by atoms with Gasteiger partial charge >= 0.3 is 0 Å². The van der Waals surface area contributed by atoms with Gasteiger partial charge in [-0.3, -0.25) is 4.55 Å². The van der Waals surface area contributed by atoms with Gasteiger partial charge in [-0.25, -0.2) is 0 Å². The van der Waals surface area contributed by atoms with Crippen molar-refractivity contribution < 1.29 is 22.6 Å². The first-order chi connectivity index (χ1) is 12.7. The smallest absolute Gasteiger partial charge is 0.267 e. The summed E-state index contributed by atoms with van der Waals surface area (Å²) in [5.74, 6) is -0.572. The summed E-state index contributed by atoms with van der Waals surface area (Å²) in [5, 5.41) is 9.68. The molecule has 0 aromatic heterocycles. The van der Waals surface area contributed by atoms with Crippen LogP contribution < -0.4 is 0 Å². The van der Waals surface area contributed by atoms with E-state index in [9.17, 15) is 13.5 Å². The second-order valence-corrected chi connectivity index (χ2v) is 9.78. The van der Waals surface area contributed by atoms with Crippen molar-refractivity contribution in [3.8, 4) is 0 Å². The van der Waals surface area contributed by atoms with Crippen molar-refractivity contribution in [1.29, 1.82) is 0 Å². The Balaban J connectivity index is 1.99. The number of aliphatic hydroxyl groups is 1. The fourth-order valence-corrected chi connectivity index (χ4v) is 3.99. The van der Waals surface area contributed by atoms with Gasteiger partial charge < -0.3 is 9.59 Å². The average molecular weight is 401 g/mol. The van der Waals surface area contributed by atoms with Crippen LogP contribution in [0.25, 0.3) is 0 Å². The van der Waals surface area contributed by atoms with Crippen molar-refractivity contribution in [3.63, 3.8) is 0 Å². The van der Waals surface area contributed by atoms with Crippen LogP contribution in [0.1, 0.15) is 56.9 Å². The number of unbranched alkanes of at least 4 members (excludes halogenated alkanes) is 6. The van der Waals surface area contributed by atoms with Crippen LogP contribution in [0.15, 0.2) is 30.3 Å². The molecule has 0 fully saturated rings.